The molecule has 4 heteroatoms. The smallest absolute Gasteiger partial charge is 0.223 e. The molecule has 0 N–H and O–H groups in total. The van der Waals surface area contributed by atoms with Gasteiger partial charge in [-0.25, -0.2) is 4.98 Å². The highest BCUT2D eigenvalue weighted by molar-refractivity contribution is 7.11. The SMILES string of the molecule is O=C(CCc1nc2c(s1)CCCC2)N1CCc2ccccc2C1. The van der Waals surface area contributed by atoms with Crippen molar-refractivity contribution in [2.24, 2.45) is 0 Å². The van der Waals surface area contributed by atoms with E-state index in [4.69, 9.17) is 4.98 Å². The lowest BCUT2D eigenvalue weighted by Gasteiger charge is -2.28. The molecule has 2 heterocycles. The normalized spacial score (nSPS) is 16.8. The van der Waals surface area contributed by atoms with Crippen LogP contribution in [0.2, 0.25) is 0 Å². The summed E-state index contributed by atoms with van der Waals surface area (Å²) in [5, 5.41) is 1.16. The number of aryl methyl sites for hydroxylation is 3. The third-order valence-corrected chi connectivity index (χ3v) is 6.14. The molecule has 1 aliphatic carbocycles. The number of amides is 1. The van der Waals surface area contributed by atoms with Gasteiger partial charge < -0.3 is 4.90 Å². The van der Waals surface area contributed by atoms with Crippen molar-refractivity contribution in [3.05, 3.63) is 51.0 Å². The Morgan fingerprint density at radius 3 is 2.83 bits per heavy atom. The summed E-state index contributed by atoms with van der Waals surface area (Å²) in [6.07, 6.45) is 7.24. The number of aromatic nitrogens is 1. The molecule has 0 saturated heterocycles. The minimum atomic E-state index is 0.271. The maximum atomic E-state index is 12.5. The molecule has 2 aliphatic rings. The standard InChI is InChI=1S/C19H22N2OS/c22-19(21-12-11-14-5-1-2-6-15(14)13-21)10-9-18-20-16-7-3-4-8-17(16)23-18/h1-2,5-6H,3-4,7-13H2. The average molecular weight is 326 g/mol. The van der Waals surface area contributed by atoms with Crippen molar-refractivity contribution in [1.82, 2.24) is 9.88 Å². The fourth-order valence-corrected chi connectivity index (χ4v) is 4.75. The molecule has 0 atom stereocenters. The van der Waals surface area contributed by atoms with Crippen molar-refractivity contribution in [2.75, 3.05) is 6.54 Å². The highest BCUT2D eigenvalue weighted by Gasteiger charge is 2.21. The van der Waals surface area contributed by atoms with Crippen LogP contribution in [0.15, 0.2) is 24.3 Å². The second-order valence-corrected chi connectivity index (χ2v) is 7.69. The topological polar surface area (TPSA) is 33.2 Å². The number of hydrogen-bond donors (Lipinski definition) is 0. The van der Waals surface area contributed by atoms with E-state index in [2.05, 4.69) is 24.3 Å². The first-order chi connectivity index (χ1) is 11.3. The summed E-state index contributed by atoms with van der Waals surface area (Å²) in [7, 11) is 0. The van der Waals surface area contributed by atoms with E-state index in [1.165, 1.54) is 41.0 Å². The van der Waals surface area contributed by atoms with Crippen molar-refractivity contribution in [3.8, 4) is 0 Å². The molecule has 1 aliphatic heterocycles. The van der Waals surface area contributed by atoms with Gasteiger partial charge in [-0.15, -0.1) is 11.3 Å². The molecule has 3 nitrogen and oxygen atoms in total. The zero-order valence-corrected chi connectivity index (χ0v) is 14.2. The fourth-order valence-electron chi connectivity index (χ4n) is 3.59. The van der Waals surface area contributed by atoms with Gasteiger partial charge in [0.2, 0.25) is 5.91 Å². The Balaban J connectivity index is 1.36. The summed E-state index contributed by atoms with van der Waals surface area (Å²) in [5.41, 5.74) is 4.00. The number of fused-ring (bicyclic) bond motifs is 2. The van der Waals surface area contributed by atoms with Gasteiger partial charge in [0.1, 0.15) is 0 Å². The van der Waals surface area contributed by atoms with Gasteiger partial charge >= 0.3 is 0 Å². The number of rotatable bonds is 3. The highest BCUT2D eigenvalue weighted by Crippen LogP contribution is 2.27. The van der Waals surface area contributed by atoms with Crippen LogP contribution in [0.4, 0.5) is 0 Å². The van der Waals surface area contributed by atoms with Crippen LogP contribution in [0.25, 0.3) is 0 Å². The first-order valence-electron chi connectivity index (χ1n) is 8.61. The zero-order valence-electron chi connectivity index (χ0n) is 13.4. The highest BCUT2D eigenvalue weighted by atomic mass is 32.1. The molecular weight excluding hydrogens is 304 g/mol. The van der Waals surface area contributed by atoms with Crippen LogP contribution in [-0.4, -0.2) is 22.3 Å². The Morgan fingerprint density at radius 1 is 1.13 bits per heavy atom. The van der Waals surface area contributed by atoms with E-state index >= 15 is 0 Å². The van der Waals surface area contributed by atoms with Crippen molar-refractivity contribution >= 4 is 17.2 Å². The van der Waals surface area contributed by atoms with Crippen molar-refractivity contribution in [3.63, 3.8) is 0 Å². The quantitative estimate of drug-likeness (QED) is 0.864. The van der Waals surface area contributed by atoms with Crippen molar-refractivity contribution in [2.45, 2.75) is 51.5 Å². The molecule has 0 unspecified atom stereocenters. The van der Waals surface area contributed by atoms with Crippen molar-refractivity contribution in [1.29, 1.82) is 0 Å². The van der Waals surface area contributed by atoms with E-state index in [-0.39, 0.29) is 5.91 Å². The van der Waals surface area contributed by atoms with Gasteiger partial charge in [0.15, 0.2) is 0 Å². The number of benzene rings is 1. The van der Waals surface area contributed by atoms with Gasteiger partial charge in [-0.1, -0.05) is 24.3 Å². The lowest BCUT2D eigenvalue weighted by molar-refractivity contribution is -0.132. The first-order valence-corrected chi connectivity index (χ1v) is 9.43. The molecule has 1 amide bonds. The first kappa shape index (κ1) is 14.9. The van der Waals surface area contributed by atoms with Gasteiger partial charge in [0, 0.05) is 30.8 Å². The van der Waals surface area contributed by atoms with E-state index in [1.54, 1.807) is 0 Å². The molecule has 0 fully saturated rings. The number of carbonyl (C=O) groups is 1. The van der Waals surface area contributed by atoms with Crippen LogP contribution in [0.5, 0.6) is 0 Å². The summed E-state index contributed by atoms with van der Waals surface area (Å²) in [6, 6.07) is 8.47. The van der Waals surface area contributed by atoms with Gasteiger partial charge in [0.05, 0.1) is 10.7 Å². The van der Waals surface area contributed by atoms with Crippen LogP contribution in [0, 0.1) is 0 Å². The average Bonchev–Trinajstić information content (AvgIpc) is 3.02. The molecule has 23 heavy (non-hydrogen) atoms. The second kappa shape index (κ2) is 6.44. The van der Waals surface area contributed by atoms with Crippen LogP contribution in [0.3, 0.4) is 0 Å². The van der Waals surface area contributed by atoms with Gasteiger partial charge in [-0.3, -0.25) is 4.79 Å². The molecule has 0 saturated carbocycles. The molecule has 4 rings (SSSR count). The van der Waals surface area contributed by atoms with E-state index in [0.717, 1.165) is 37.4 Å². The molecule has 1 aromatic carbocycles. The van der Waals surface area contributed by atoms with E-state index in [9.17, 15) is 4.79 Å². The molecule has 1 aromatic heterocycles. The van der Waals surface area contributed by atoms with E-state index in [1.807, 2.05) is 16.2 Å². The Bertz CT molecular complexity index is 698. The lowest BCUT2D eigenvalue weighted by Crippen LogP contribution is -2.36. The van der Waals surface area contributed by atoms with E-state index < -0.39 is 0 Å². The predicted molar refractivity (Wildman–Crippen MR) is 92.6 cm³/mol. The third kappa shape index (κ3) is 3.18. The minimum Gasteiger partial charge on any atom is -0.338 e. The lowest BCUT2D eigenvalue weighted by atomic mass is 9.99. The zero-order chi connectivity index (χ0) is 15.6. The summed E-state index contributed by atoms with van der Waals surface area (Å²) >= 11 is 1.83. The van der Waals surface area contributed by atoms with E-state index in [0.29, 0.717) is 6.42 Å². The minimum absolute atomic E-state index is 0.271. The second-order valence-electron chi connectivity index (χ2n) is 6.52. The Morgan fingerprint density at radius 2 is 1.96 bits per heavy atom. The maximum Gasteiger partial charge on any atom is 0.223 e. The third-order valence-electron chi connectivity index (χ3n) is 4.93. The molecular formula is C19H22N2OS. The summed E-state index contributed by atoms with van der Waals surface area (Å²) in [4.78, 5) is 20.8. The molecule has 0 bridgehead atoms. The predicted octanol–water partition coefficient (Wildman–Crippen LogP) is 3.54. The maximum absolute atomic E-state index is 12.5. The number of hydrogen-bond acceptors (Lipinski definition) is 3. The van der Waals surface area contributed by atoms with Crippen LogP contribution in [-0.2, 0) is 37.0 Å². The molecule has 0 radical (unpaired) electrons. The summed E-state index contributed by atoms with van der Waals surface area (Å²) in [5.74, 6) is 0.271. The Hall–Kier alpha value is -1.68. The van der Waals surface area contributed by atoms with Crippen LogP contribution in [0.1, 0.15) is 46.0 Å². The van der Waals surface area contributed by atoms with Crippen LogP contribution >= 0.6 is 11.3 Å². The summed E-state index contributed by atoms with van der Waals surface area (Å²) < 4.78 is 0. The fraction of sp³-hybridized carbons (Fsp3) is 0.474. The Labute approximate surface area is 141 Å². The largest absolute Gasteiger partial charge is 0.338 e. The molecule has 0 spiro atoms. The Kier molecular flexibility index (Phi) is 4.17. The van der Waals surface area contributed by atoms with Gasteiger partial charge in [0.25, 0.3) is 0 Å². The number of thiazole rings is 1. The monoisotopic (exact) mass is 326 g/mol. The number of nitrogens with zero attached hydrogens (tertiary/aromatic N) is 2. The van der Waals surface area contributed by atoms with Gasteiger partial charge in [-0.05, 0) is 43.2 Å². The van der Waals surface area contributed by atoms with Crippen molar-refractivity contribution < 1.29 is 4.79 Å². The van der Waals surface area contributed by atoms with Crippen LogP contribution < -0.4 is 0 Å². The number of carbonyl (C=O) groups excluding carboxylic acids is 1. The summed E-state index contributed by atoms with van der Waals surface area (Å²) in [6.45, 7) is 1.62. The molecule has 120 valence electrons. The van der Waals surface area contributed by atoms with Gasteiger partial charge in [-0.2, -0.15) is 0 Å². The molecule has 2 aromatic rings.